The predicted octanol–water partition coefficient (Wildman–Crippen LogP) is 5.52. The van der Waals surface area contributed by atoms with Crippen LogP contribution in [0.2, 0.25) is 0 Å². The Kier molecular flexibility index (Phi) is 6.94. The van der Waals surface area contributed by atoms with Gasteiger partial charge in [0.05, 0.1) is 18.3 Å². The van der Waals surface area contributed by atoms with Crippen LogP contribution in [0, 0.1) is 71.0 Å². The lowest BCUT2D eigenvalue weighted by atomic mass is 9.54. The summed E-state index contributed by atoms with van der Waals surface area (Å²) >= 11 is 0. The molecule has 0 spiro atoms. The van der Waals surface area contributed by atoms with Crippen LogP contribution in [0.4, 0.5) is 26.3 Å². The van der Waals surface area contributed by atoms with Crippen molar-refractivity contribution < 1.29 is 54.9 Å². The molecule has 7 saturated carbocycles. The molecule has 15 atom stereocenters. The predicted molar refractivity (Wildman–Crippen MR) is 131 cm³/mol. The zero-order chi connectivity index (χ0) is 29.9. The van der Waals surface area contributed by atoms with Gasteiger partial charge in [-0.2, -0.15) is 0 Å². The maximum Gasteiger partial charge on any atom is 0.522 e. The molecule has 0 aliphatic heterocycles. The number of hydrogen-bond donors (Lipinski definition) is 0. The lowest BCUT2D eigenvalue weighted by Gasteiger charge is -2.48. The quantitative estimate of drug-likeness (QED) is 0.394. The van der Waals surface area contributed by atoms with Crippen LogP contribution in [0.25, 0.3) is 0 Å². The number of ketones is 3. The van der Waals surface area contributed by atoms with Gasteiger partial charge in [-0.1, -0.05) is 0 Å². The van der Waals surface area contributed by atoms with Gasteiger partial charge in [0, 0.05) is 42.6 Å². The Balaban J connectivity index is 1.26. The maximum absolute atomic E-state index is 14.2. The number of carbonyl (C=O) groups is 3. The molecule has 6 nitrogen and oxygen atoms in total. The molecular formula is C30H36F6O6. The molecule has 0 N–H and O–H groups in total. The molecule has 234 valence electrons. The molecule has 15 unspecified atom stereocenters. The minimum absolute atomic E-state index is 0.0447. The van der Waals surface area contributed by atoms with E-state index < -0.39 is 60.4 Å². The first-order valence-corrected chi connectivity index (χ1v) is 15.4. The van der Waals surface area contributed by atoms with Gasteiger partial charge in [-0.3, -0.25) is 23.9 Å². The van der Waals surface area contributed by atoms with E-state index in [9.17, 15) is 40.7 Å². The Hall–Kier alpha value is -1.53. The van der Waals surface area contributed by atoms with Gasteiger partial charge in [-0.15, -0.1) is 26.3 Å². The van der Waals surface area contributed by atoms with Crippen molar-refractivity contribution in [3.05, 3.63) is 0 Å². The Morgan fingerprint density at radius 3 is 1.14 bits per heavy atom. The third-order valence-corrected chi connectivity index (χ3v) is 12.6. The van der Waals surface area contributed by atoms with E-state index in [2.05, 4.69) is 9.47 Å². The number of alkyl halides is 6. The number of carbonyl (C=O) groups excluding carboxylic acids is 3. The SMILES string of the molecule is COC1CCC2C(C1)C(=O)C1C2C2C(=O)C3CC(OC(F)(F)F)CCC3C2C2C(=O)C3CC(OC(F)(F)F)CCC3C12. The first-order valence-electron chi connectivity index (χ1n) is 15.4. The van der Waals surface area contributed by atoms with Gasteiger partial charge in [0.25, 0.3) is 0 Å². The first kappa shape index (κ1) is 29.2. The van der Waals surface area contributed by atoms with Crippen molar-refractivity contribution in [2.75, 3.05) is 7.11 Å². The van der Waals surface area contributed by atoms with E-state index >= 15 is 0 Å². The Bertz CT molecular complexity index is 1120. The van der Waals surface area contributed by atoms with Crippen LogP contribution in [-0.4, -0.2) is 55.5 Å². The third-order valence-electron chi connectivity index (χ3n) is 12.6. The summed E-state index contributed by atoms with van der Waals surface area (Å²) < 4.78 is 92.9. The lowest BCUT2D eigenvalue weighted by Crippen LogP contribution is -2.50. The minimum Gasteiger partial charge on any atom is -0.381 e. The second-order valence-corrected chi connectivity index (χ2v) is 14.0. The van der Waals surface area contributed by atoms with Crippen LogP contribution in [0.1, 0.15) is 57.8 Å². The molecule has 7 aliphatic carbocycles. The van der Waals surface area contributed by atoms with Gasteiger partial charge in [0.1, 0.15) is 17.3 Å². The standard InChI is InChI=1S/C30H36F6O6/c1-40-11-2-5-14-17(8-11)26(37)23-20(14)24-22(16-7-4-13(42-30(34,35)36)10-19(16)27(24)38)25-21(23)15-6-3-12(41-29(31,32)33)9-18(15)28(25)39/h11-25H,2-10H2,1H3. The van der Waals surface area contributed by atoms with E-state index in [1.807, 2.05) is 0 Å². The summed E-state index contributed by atoms with van der Waals surface area (Å²) in [7, 11) is 1.61. The van der Waals surface area contributed by atoms with E-state index in [-0.39, 0.29) is 84.6 Å². The Morgan fingerprint density at radius 1 is 0.524 bits per heavy atom. The average molecular weight is 607 g/mol. The summed E-state index contributed by atoms with van der Waals surface area (Å²) in [6.07, 6.45) is -9.26. The van der Waals surface area contributed by atoms with E-state index in [4.69, 9.17) is 4.74 Å². The average Bonchev–Trinajstić information content (AvgIpc) is 3.47. The molecule has 12 heteroatoms. The van der Waals surface area contributed by atoms with Crippen molar-refractivity contribution >= 4 is 17.3 Å². The molecule has 0 radical (unpaired) electrons. The fraction of sp³-hybridized carbons (Fsp3) is 0.900. The summed E-state index contributed by atoms with van der Waals surface area (Å²) in [6.45, 7) is 0. The maximum atomic E-state index is 14.2. The van der Waals surface area contributed by atoms with Gasteiger partial charge >= 0.3 is 12.7 Å². The third kappa shape index (κ3) is 4.51. The zero-order valence-electron chi connectivity index (χ0n) is 23.2. The van der Waals surface area contributed by atoms with Crippen molar-refractivity contribution in [1.29, 1.82) is 0 Å². The number of halogens is 6. The van der Waals surface area contributed by atoms with Crippen molar-refractivity contribution in [3.63, 3.8) is 0 Å². The minimum atomic E-state index is -4.82. The van der Waals surface area contributed by atoms with Gasteiger partial charge in [0.15, 0.2) is 0 Å². The van der Waals surface area contributed by atoms with Crippen LogP contribution in [0.15, 0.2) is 0 Å². The molecule has 42 heavy (non-hydrogen) atoms. The van der Waals surface area contributed by atoms with Crippen LogP contribution in [0.5, 0.6) is 0 Å². The second kappa shape index (κ2) is 9.99. The second-order valence-electron chi connectivity index (χ2n) is 14.0. The van der Waals surface area contributed by atoms with Crippen LogP contribution >= 0.6 is 0 Å². The fourth-order valence-electron chi connectivity index (χ4n) is 11.6. The molecule has 7 aliphatic rings. The molecule has 7 fully saturated rings. The van der Waals surface area contributed by atoms with Crippen LogP contribution in [0.3, 0.4) is 0 Å². The highest BCUT2D eigenvalue weighted by atomic mass is 19.4. The number of rotatable bonds is 3. The molecule has 0 aromatic rings. The molecule has 0 aromatic heterocycles. The van der Waals surface area contributed by atoms with E-state index in [0.717, 1.165) is 6.42 Å². The normalized spacial score (nSPS) is 50.1. The summed E-state index contributed by atoms with van der Waals surface area (Å²) in [6, 6.07) is 0. The number of fused-ring (bicyclic) bond motifs is 12. The van der Waals surface area contributed by atoms with Crippen molar-refractivity contribution in [2.24, 2.45) is 71.0 Å². The number of hydrogen-bond acceptors (Lipinski definition) is 6. The van der Waals surface area contributed by atoms with Crippen LogP contribution in [-0.2, 0) is 28.6 Å². The van der Waals surface area contributed by atoms with E-state index in [0.29, 0.717) is 25.7 Å². The Labute approximate surface area is 239 Å². The molecule has 0 bridgehead atoms. The zero-order valence-corrected chi connectivity index (χ0v) is 23.2. The Morgan fingerprint density at radius 2 is 0.833 bits per heavy atom. The van der Waals surface area contributed by atoms with E-state index in [1.165, 1.54) is 0 Å². The highest BCUT2D eigenvalue weighted by Crippen LogP contribution is 2.70. The highest BCUT2D eigenvalue weighted by Gasteiger charge is 2.73. The lowest BCUT2D eigenvalue weighted by molar-refractivity contribution is -0.347. The molecular weight excluding hydrogens is 570 g/mol. The van der Waals surface area contributed by atoms with Crippen molar-refractivity contribution in [1.82, 2.24) is 0 Å². The van der Waals surface area contributed by atoms with Gasteiger partial charge in [-0.25, -0.2) is 0 Å². The fourth-order valence-corrected chi connectivity index (χ4v) is 11.6. The van der Waals surface area contributed by atoms with Gasteiger partial charge < -0.3 is 4.74 Å². The summed E-state index contributed by atoms with van der Waals surface area (Å²) in [5.41, 5.74) is 0. The summed E-state index contributed by atoms with van der Waals surface area (Å²) in [5, 5.41) is 0. The molecule has 0 saturated heterocycles. The topological polar surface area (TPSA) is 78.9 Å². The van der Waals surface area contributed by atoms with E-state index in [1.54, 1.807) is 7.11 Å². The first-order chi connectivity index (χ1) is 19.8. The van der Waals surface area contributed by atoms with Crippen molar-refractivity contribution in [2.45, 2.75) is 88.8 Å². The number of methoxy groups -OCH3 is 1. The highest BCUT2D eigenvalue weighted by molar-refractivity contribution is 5.96. The number of ether oxygens (including phenoxy) is 3. The molecule has 7 rings (SSSR count). The molecule has 0 aromatic carbocycles. The summed E-state index contributed by atoms with van der Waals surface area (Å²) in [5.74, 6) is -5.36. The summed E-state index contributed by atoms with van der Waals surface area (Å²) in [4.78, 5) is 42.7. The number of Topliss-reactive ketones (excluding diaryl/α,β-unsaturated/α-hetero) is 3. The molecule has 0 amide bonds. The van der Waals surface area contributed by atoms with Gasteiger partial charge in [0.2, 0.25) is 0 Å². The molecule has 0 heterocycles. The van der Waals surface area contributed by atoms with Gasteiger partial charge in [-0.05, 0) is 93.3 Å². The smallest absolute Gasteiger partial charge is 0.381 e. The monoisotopic (exact) mass is 606 g/mol. The van der Waals surface area contributed by atoms with Crippen LogP contribution < -0.4 is 0 Å². The largest absolute Gasteiger partial charge is 0.522 e. The van der Waals surface area contributed by atoms with Crippen molar-refractivity contribution in [3.8, 4) is 0 Å².